The number of hydrogen-bond donors (Lipinski definition) is 2. The molecule has 0 heterocycles. The van der Waals surface area contributed by atoms with Crippen molar-refractivity contribution >= 4 is 0 Å². The first-order chi connectivity index (χ1) is 8.27. The Kier molecular flexibility index (Phi) is 13.6. The lowest BCUT2D eigenvalue weighted by Crippen LogP contribution is -2.25. The molecule has 104 valence electrons. The summed E-state index contributed by atoms with van der Waals surface area (Å²) in [7, 11) is 0. The van der Waals surface area contributed by atoms with Crippen LogP contribution in [0.25, 0.3) is 0 Å². The minimum absolute atomic E-state index is 0.0491. The van der Waals surface area contributed by atoms with Crippen LogP contribution in [0.4, 0.5) is 0 Å². The lowest BCUT2D eigenvalue weighted by molar-refractivity contribution is -0.0321. The highest BCUT2D eigenvalue weighted by molar-refractivity contribution is 4.39. The standard InChI is InChI=1S/C11H25NO5/c1-11(2)12-17-10-9-16-8-7-15-6-5-14-4-3-13/h11-13H,3-10H2,1-2H3. The van der Waals surface area contributed by atoms with Crippen molar-refractivity contribution in [3.63, 3.8) is 0 Å². The summed E-state index contributed by atoms with van der Waals surface area (Å²) in [6.45, 7) is 7.61. The zero-order chi connectivity index (χ0) is 12.8. The highest BCUT2D eigenvalue weighted by Gasteiger charge is 1.93. The molecule has 0 aromatic heterocycles. The SMILES string of the molecule is CC(C)NOCCOCCOCCOCCO. The van der Waals surface area contributed by atoms with Crippen molar-refractivity contribution in [3.8, 4) is 0 Å². The average Bonchev–Trinajstić information content (AvgIpc) is 2.30. The zero-order valence-corrected chi connectivity index (χ0v) is 10.8. The Morgan fingerprint density at radius 2 is 1.29 bits per heavy atom. The van der Waals surface area contributed by atoms with E-state index in [0.717, 1.165) is 0 Å². The molecule has 0 amide bonds. The first kappa shape index (κ1) is 16.8. The summed E-state index contributed by atoms with van der Waals surface area (Å²) < 4.78 is 15.5. The summed E-state index contributed by atoms with van der Waals surface area (Å²) in [6, 6.07) is 0.317. The minimum atomic E-state index is 0.0491. The molecule has 0 spiro atoms. The maximum absolute atomic E-state index is 8.44. The van der Waals surface area contributed by atoms with Crippen LogP contribution in [-0.4, -0.2) is 64.0 Å². The van der Waals surface area contributed by atoms with Gasteiger partial charge in [0.15, 0.2) is 0 Å². The molecule has 2 N–H and O–H groups in total. The number of aliphatic hydroxyl groups is 1. The second kappa shape index (κ2) is 13.8. The summed E-state index contributed by atoms with van der Waals surface area (Å²) in [5.74, 6) is 0. The Morgan fingerprint density at radius 3 is 1.76 bits per heavy atom. The summed E-state index contributed by atoms with van der Waals surface area (Å²) in [4.78, 5) is 5.11. The molecule has 0 aliphatic rings. The first-order valence-electron chi connectivity index (χ1n) is 5.98. The van der Waals surface area contributed by atoms with Crippen molar-refractivity contribution in [2.45, 2.75) is 19.9 Å². The van der Waals surface area contributed by atoms with Gasteiger partial charge in [0.05, 0.1) is 52.9 Å². The van der Waals surface area contributed by atoms with Gasteiger partial charge in [0.2, 0.25) is 0 Å². The van der Waals surface area contributed by atoms with E-state index in [-0.39, 0.29) is 6.61 Å². The highest BCUT2D eigenvalue weighted by Crippen LogP contribution is 1.82. The van der Waals surface area contributed by atoms with Gasteiger partial charge in [-0.3, -0.25) is 4.84 Å². The Bertz CT molecular complexity index is 146. The van der Waals surface area contributed by atoms with E-state index in [1.54, 1.807) is 0 Å². The van der Waals surface area contributed by atoms with E-state index in [1.807, 2.05) is 13.8 Å². The Hall–Kier alpha value is -0.240. The fourth-order valence-corrected chi connectivity index (χ4v) is 0.933. The number of hydrogen-bond acceptors (Lipinski definition) is 6. The van der Waals surface area contributed by atoms with Crippen molar-refractivity contribution in [2.75, 3.05) is 52.9 Å². The molecule has 0 radical (unpaired) electrons. The van der Waals surface area contributed by atoms with Crippen molar-refractivity contribution in [1.82, 2.24) is 5.48 Å². The fourth-order valence-electron chi connectivity index (χ4n) is 0.933. The van der Waals surface area contributed by atoms with Gasteiger partial charge in [-0.25, -0.2) is 0 Å². The molecule has 0 unspecified atom stereocenters. The van der Waals surface area contributed by atoms with Gasteiger partial charge in [-0.05, 0) is 13.8 Å². The molecule has 0 bridgehead atoms. The Balaban J connectivity index is 2.89. The van der Waals surface area contributed by atoms with E-state index in [4.69, 9.17) is 24.2 Å². The van der Waals surface area contributed by atoms with Crippen LogP contribution in [0.5, 0.6) is 0 Å². The van der Waals surface area contributed by atoms with Crippen molar-refractivity contribution in [1.29, 1.82) is 0 Å². The van der Waals surface area contributed by atoms with Crippen LogP contribution in [0.15, 0.2) is 0 Å². The third kappa shape index (κ3) is 15.8. The van der Waals surface area contributed by atoms with Crippen molar-refractivity contribution < 1.29 is 24.2 Å². The van der Waals surface area contributed by atoms with Gasteiger partial charge in [-0.15, -0.1) is 0 Å². The summed E-state index contributed by atoms with van der Waals surface area (Å²) in [5.41, 5.74) is 2.83. The topological polar surface area (TPSA) is 69.2 Å². The van der Waals surface area contributed by atoms with Gasteiger partial charge in [0.25, 0.3) is 0 Å². The molecular formula is C11H25NO5. The summed E-state index contributed by atoms with van der Waals surface area (Å²) >= 11 is 0. The third-order valence-electron chi connectivity index (χ3n) is 1.63. The van der Waals surface area contributed by atoms with E-state index in [0.29, 0.717) is 52.3 Å². The second-order valence-electron chi connectivity index (χ2n) is 3.68. The fraction of sp³-hybridized carbons (Fsp3) is 1.00. The minimum Gasteiger partial charge on any atom is -0.394 e. The number of nitrogens with one attached hydrogen (secondary N) is 1. The maximum Gasteiger partial charge on any atom is 0.0916 e. The van der Waals surface area contributed by atoms with E-state index in [2.05, 4.69) is 5.48 Å². The van der Waals surface area contributed by atoms with Crippen LogP contribution in [-0.2, 0) is 19.0 Å². The van der Waals surface area contributed by atoms with E-state index in [1.165, 1.54) is 0 Å². The van der Waals surface area contributed by atoms with E-state index in [9.17, 15) is 0 Å². The molecule has 0 aliphatic heterocycles. The largest absolute Gasteiger partial charge is 0.394 e. The predicted molar refractivity (Wildman–Crippen MR) is 63.8 cm³/mol. The average molecular weight is 251 g/mol. The number of aliphatic hydroxyl groups excluding tert-OH is 1. The van der Waals surface area contributed by atoms with Crippen LogP contribution >= 0.6 is 0 Å². The van der Waals surface area contributed by atoms with Gasteiger partial charge in [-0.2, -0.15) is 5.48 Å². The molecule has 0 rings (SSSR count). The van der Waals surface area contributed by atoms with E-state index >= 15 is 0 Å². The van der Waals surface area contributed by atoms with Crippen molar-refractivity contribution in [2.24, 2.45) is 0 Å². The van der Waals surface area contributed by atoms with Crippen LogP contribution in [0, 0.1) is 0 Å². The molecule has 0 aromatic carbocycles. The Labute approximate surface area is 103 Å². The van der Waals surface area contributed by atoms with Crippen LogP contribution in [0.1, 0.15) is 13.8 Å². The van der Waals surface area contributed by atoms with E-state index < -0.39 is 0 Å². The number of ether oxygens (including phenoxy) is 3. The molecule has 6 nitrogen and oxygen atoms in total. The highest BCUT2D eigenvalue weighted by atomic mass is 16.7. The van der Waals surface area contributed by atoms with Gasteiger partial charge in [0.1, 0.15) is 0 Å². The van der Waals surface area contributed by atoms with Crippen molar-refractivity contribution in [3.05, 3.63) is 0 Å². The monoisotopic (exact) mass is 251 g/mol. The molecule has 0 aromatic rings. The summed E-state index contributed by atoms with van der Waals surface area (Å²) in [5, 5.41) is 8.44. The van der Waals surface area contributed by atoms with Crippen LogP contribution in [0.3, 0.4) is 0 Å². The zero-order valence-electron chi connectivity index (χ0n) is 10.8. The predicted octanol–water partition coefficient (Wildman–Crippen LogP) is -0.0419. The summed E-state index contributed by atoms with van der Waals surface area (Å²) in [6.07, 6.45) is 0. The molecule has 0 fully saturated rings. The van der Waals surface area contributed by atoms with Crippen LogP contribution in [0.2, 0.25) is 0 Å². The second-order valence-corrected chi connectivity index (χ2v) is 3.68. The lowest BCUT2D eigenvalue weighted by Gasteiger charge is -2.09. The van der Waals surface area contributed by atoms with Gasteiger partial charge in [0, 0.05) is 6.04 Å². The molecule has 6 heteroatoms. The molecule has 0 saturated heterocycles. The van der Waals surface area contributed by atoms with Crippen LogP contribution < -0.4 is 5.48 Å². The molecule has 0 saturated carbocycles. The molecule has 0 aliphatic carbocycles. The molecule has 17 heavy (non-hydrogen) atoms. The first-order valence-corrected chi connectivity index (χ1v) is 5.98. The molecular weight excluding hydrogens is 226 g/mol. The number of rotatable bonds is 13. The Morgan fingerprint density at radius 1 is 0.824 bits per heavy atom. The smallest absolute Gasteiger partial charge is 0.0916 e. The van der Waals surface area contributed by atoms with Gasteiger partial charge in [-0.1, -0.05) is 0 Å². The number of hydroxylamine groups is 1. The van der Waals surface area contributed by atoms with Gasteiger partial charge >= 0.3 is 0 Å². The lowest BCUT2D eigenvalue weighted by atomic mass is 10.4. The maximum atomic E-state index is 8.44. The normalized spacial score (nSPS) is 11.3. The quantitative estimate of drug-likeness (QED) is 0.353. The third-order valence-corrected chi connectivity index (χ3v) is 1.63. The van der Waals surface area contributed by atoms with Gasteiger partial charge < -0.3 is 19.3 Å². The molecule has 0 atom stereocenters.